The Morgan fingerprint density at radius 3 is 1.35 bits per heavy atom. The van der Waals surface area contributed by atoms with Crippen LogP contribution in [0.15, 0.2) is 53.3 Å². The van der Waals surface area contributed by atoms with Gasteiger partial charge in [0.25, 0.3) is 0 Å². The predicted octanol–water partition coefficient (Wildman–Crippen LogP) is 6.32. The van der Waals surface area contributed by atoms with E-state index in [0.29, 0.717) is 42.6 Å². The average Bonchev–Trinajstić information content (AvgIpc) is 2.46. The highest BCUT2D eigenvalue weighted by Crippen LogP contribution is 2.36. The van der Waals surface area contributed by atoms with Crippen LogP contribution in [-0.4, -0.2) is 4.98 Å². The zero-order valence-corrected chi connectivity index (χ0v) is 14.6. The Hall–Kier alpha value is -1.45. The molecule has 0 radical (unpaired) electrons. The van der Waals surface area contributed by atoms with Gasteiger partial charge in [-0.3, -0.25) is 4.79 Å². The Kier molecular flexibility index (Phi) is 4.69. The molecular formula is C17H9Cl4NO. The lowest BCUT2D eigenvalue weighted by Gasteiger charge is -2.11. The molecule has 2 nitrogen and oxygen atoms in total. The minimum atomic E-state index is -0.208. The third kappa shape index (κ3) is 3.26. The third-order valence-electron chi connectivity index (χ3n) is 3.31. The number of nitrogens with one attached hydrogen (secondary N) is 1. The fraction of sp³-hybridized carbons (Fsp3) is 0. The largest absolute Gasteiger partial charge is 0.354 e. The molecule has 2 aromatic carbocycles. The molecule has 116 valence electrons. The molecule has 0 saturated carbocycles. The molecule has 0 aliphatic heterocycles. The molecule has 1 heterocycles. The Morgan fingerprint density at radius 1 is 0.652 bits per heavy atom. The van der Waals surface area contributed by atoms with E-state index in [-0.39, 0.29) is 5.43 Å². The molecule has 3 aromatic rings. The number of aromatic nitrogens is 1. The number of aromatic amines is 1. The SMILES string of the molecule is O=c1cc(-c2c(Cl)cccc2Cl)[nH]c(-c2c(Cl)cccc2Cl)c1. The van der Waals surface area contributed by atoms with Crippen LogP contribution in [-0.2, 0) is 0 Å². The summed E-state index contributed by atoms with van der Waals surface area (Å²) in [6, 6.07) is 13.2. The van der Waals surface area contributed by atoms with Gasteiger partial charge in [-0.15, -0.1) is 0 Å². The number of hydrogen-bond donors (Lipinski definition) is 1. The van der Waals surface area contributed by atoms with Gasteiger partial charge in [0.15, 0.2) is 5.43 Å². The van der Waals surface area contributed by atoms with Crippen LogP contribution in [0, 0.1) is 0 Å². The molecule has 0 atom stereocenters. The van der Waals surface area contributed by atoms with Crippen molar-refractivity contribution in [3.8, 4) is 22.5 Å². The number of hydrogen-bond acceptors (Lipinski definition) is 1. The van der Waals surface area contributed by atoms with E-state index in [9.17, 15) is 4.79 Å². The van der Waals surface area contributed by atoms with Crippen LogP contribution < -0.4 is 5.43 Å². The molecule has 0 amide bonds. The zero-order valence-electron chi connectivity index (χ0n) is 11.5. The first-order chi connectivity index (χ1) is 11.0. The first-order valence-electron chi connectivity index (χ1n) is 6.60. The number of pyridine rings is 1. The molecule has 3 rings (SSSR count). The fourth-order valence-electron chi connectivity index (χ4n) is 2.32. The number of halogens is 4. The maximum Gasteiger partial charge on any atom is 0.182 e. The second-order valence-corrected chi connectivity index (χ2v) is 6.47. The zero-order chi connectivity index (χ0) is 16.6. The van der Waals surface area contributed by atoms with Gasteiger partial charge in [0.05, 0.1) is 31.5 Å². The van der Waals surface area contributed by atoms with Gasteiger partial charge in [0, 0.05) is 23.3 Å². The van der Waals surface area contributed by atoms with Gasteiger partial charge in [0.2, 0.25) is 0 Å². The molecule has 0 spiro atoms. The van der Waals surface area contributed by atoms with E-state index in [1.165, 1.54) is 12.1 Å². The number of benzene rings is 2. The number of rotatable bonds is 2. The summed E-state index contributed by atoms with van der Waals surface area (Å²) >= 11 is 24.9. The van der Waals surface area contributed by atoms with E-state index >= 15 is 0 Å². The molecule has 0 fully saturated rings. The lowest BCUT2D eigenvalue weighted by Crippen LogP contribution is -2.03. The van der Waals surface area contributed by atoms with Crippen molar-refractivity contribution in [3.63, 3.8) is 0 Å². The summed E-state index contributed by atoms with van der Waals surface area (Å²) in [7, 11) is 0. The molecule has 1 N–H and O–H groups in total. The summed E-state index contributed by atoms with van der Waals surface area (Å²) in [6.45, 7) is 0. The monoisotopic (exact) mass is 383 g/mol. The van der Waals surface area contributed by atoms with Crippen molar-refractivity contribution in [2.45, 2.75) is 0 Å². The van der Waals surface area contributed by atoms with Crippen LogP contribution in [0.2, 0.25) is 20.1 Å². The molecular weight excluding hydrogens is 376 g/mol. The molecule has 23 heavy (non-hydrogen) atoms. The average molecular weight is 385 g/mol. The van der Waals surface area contributed by atoms with Crippen molar-refractivity contribution in [3.05, 3.63) is 78.8 Å². The molecule has 0 unspecified atom stereocenters. The summed E-state index contributed by atoms with van der Waals surface area (Å²) in [5, 5.41) is 1.76. The highest BCUT2D eigenvalue weighted by molar-refractivity contribution is 6.40. The minimum absolute atomic E-state index is 0.208. The van der Waals surface area contributed by atoms with Gasteiger partial charge in [-0.1, -0.05) is 58.5 Å². The molecule has 0 bridgehead atoms. The van der Waals surface area contributed by atoms with Crippen LogP contribution in [0.3, 0.4) is 0 Å². The van der Waals surface area contributed by atoms with Crippen molar-refractivity contribution in [2.24, 2.45) is 0 Å². The first-order valence-corrected chi connectivity index (χ1v) is 8.11. The topological polar surface area (TPSA) is 32.9 Å². The Balaban J connectivity index is 2.28. The van der Waals surface area contributed by atoms with Crippen molar-refractivity contribution >= 4 is 46.4 Å². The quantitative estimate of drug-likeness (QED) is 0.550. The summed E-state index contributed by atoms with van der Waals surface area (Å²) in [4.78, 5) is 15.3. The van der Waals surface area contributed by atoms with E-state index in [4.69, 9.17) is 46.4 Å². The maximum atomic E-state index is 12.1. The van der Waals surface area contributed by atoms with Gasteiger partial charge in [-0.2, -0.15) is 0 Å². The van der Waals surface area contributed by atoms with E-state index in [1.807, 2.05) is 0 Å². The van der Waals surface area contributed by atoms with E-state index in [2.05, 4.69) is 4.98 Å². The molecule has 1 aromatic heterocycles. The standard InChI is InChI=1S/C17H9Cl4NO/c18-10-3-1-4-11(19)16(10)14-7-9(23)8-15(22-14)17-12(20)5-2-6-13(17)21/h1-8H,(H,22,23). The molecule has 0 saturated heterocycles. The van der Waals surface area contributed by atoms with Crippen molar-refractivity contribution in [1.82, 2.24) is 4.98 Å². The predicted molar refractivity (Wildman–Crippen MR) is 98.0 cm³/mol. The second-order valence-electron chi connectivity index (χ2n) is 4.84. The molecule has 6 heteroatoms. The summed E-state index contributed by atoms with van der Waals surface area (Å²) < 4.78 is 0. The highest BCUT2D eigenvalue weighted by atomic mass is 35.5. The van der Waals surface area contributed by atoms with E-state index in [0.717, 1.165) is 0 Å². The lowest BCUT2D eigenvalue weighted by molar-refractivity contribution is 1.30. The fourth-order valence-corrected chi connectivity index (χ4v) is 3.53. The summed E-state index contributed by atoms with van der Waals surface area (Å²) in [6.07, 6.45) is 0. The summed E-state index contributed by atoms with van der Waals surface area (Å²) in [5.41, 5.74) is 1.90. The van der Waals surface area contributed by atoms with Crippen LogP contribution in [0.5, 0.6) is 0 Å². The Bertz CT molecular complexity index is 836. The number of H-pyrrole nitrogens is 1. The van der Waals surface area contributed by atoms with Crippen LogP contribution in [0.1, 0.15) is 0 Å². The van der Waals surface area contributed by atoms with Gasteiger partial charge < -0.3 is 4.98 Å². The van der Waals surface area contributed by atoms with Crippen LogP contribution in [0.4, 0.5) is 0 Å². The van der Waals surface area contributed by atoms with Gasteiger partial charge in [0.1, 0.15) is 0 Å². The van der Waals surface area contributed by atoms with Crippen LogP contribution in [0.25, 0.3) is 22.5 Å². The minimum Gasteiger partial charge on any atom is -0.354 e. The Morgan fingerprint density at radius 2 is 1.00 bits per heavy atom. The van der Waals surface area contributed by atoms with Crippen molar-refractivity contribution < 1.29 is 0 Å². The molecule has 0 aliphatic carbocycles. The first kappa shape index (κ1) is 16.4. The summed E-state index contributed by atoms with van der Waals surface area (Å²) in [5.74, 6) is 0. The van der Waals surface area contributed by atoms with Gasteiger partial charge in [-0.05, 0) is 24.3 Å². The Labute approximate surface area is 152 Å². The highest BCUT2D eigenvalue weighted by Gasteiger charge is 2.14. The molecule has 0 aliphatic rings. The lowest BCUT2D eigenvalue weighted by atomic mass is 10.1. The van der Waals surface area contributed by atoms with Crippen LogP contribution >= 0.6 is 46.4 Å². The van der Waals surface area contributed by atoms with Gasteiger partial charge in [-0.25, -0.2) is 0 Å². The van der Waals surface area contributed by atoms with E-state index in [1.54, 1.807) is 36.4 Å². The van der Waals surface area contributed by atoms with Crippen molar-refractivity contribution in [2.75, 3.05) is 0 Å². The van der Waals surface area contributed by atoms with Crippen molar-refractivity contribution in [1.29, 1.82) is 0 Å². The smallest absolute Gasteiger partial charge is 0.182 e. The maximum absolute atomic E-state index is 12.1. The normalized spacial score (nSPS) is 10.8. The van der Waals surface area contributed by atoms with E-state index < -0.39 is 0 Å². The van der Waals surface area contributed by atoms with Gasteiger partial charge >= 0.3 is 0 Å². The second kappa shape index (κ2) is 6.58. The third-order valence-corrected chi connectivity index (χ3v) is 4.57.